The minimum absolute atomic E-state index is 0.202. The van der Waals surface area contributed by atoms with Crippen LogP contribution >= 0.6 is 0 Å². The van der Waals surface area contributed by atoms with E-state index in [-0.39, 0.29) is 6.10 Å². The van der Waals surface area contributed by atoms with E-state index in [0.717, 1.165) is 25.7 Å². The van der Waals surface area contributed by atoms with Gasteiger partial charge in [0.1, 0.15) is 11.5 Å². The molecule has 5 nitrogen and oxygen atoms in total. The van der Waals surface area contributed by atoms with Crippen molar-refractivity contribution < 1.29 is 9.26 Å². The Labute approximate surface area is 101 Å². The first-order valence-corrected chi connectivity index (χ1v) is 6.00. The average Bonchev–Trinajstić information content (AvgIpc) is 2.88. The van der Waals surface area contributed by atoms with E-state index in [2.05, 4.69) is 16.2 Å². The molecule has 1 fully saturated rings. The van der Waals surface area contributed by atoms with E-state index in [9.17, 15) is 5.26 Å². The molecular formula is C12H17N3O2. The Balaban J connectivity index is 2.26. The molecule has 0 N–H and O–H groups in total. The highest BCUT2D eigenvalue weighted by Crippen LogP contribution is 2.38. The molecule has 1 aromatic heterocycles. The molecule has 92 valence electrons. The second-order valence-corrected chi connectivity index (χ2v) is 4.59. The summed E-state index contributed by atoms with van der Waals surface area (Å²) < 4.78 is 10.4. The molecule has 0 unspecified atom stereocenters. The SMILES string of the molecule is CO[C@@H](C)c1noc(C2(C#N)CCCCC2)n1. The van der Waals surface area contributed by atoms with Crippen LogP contribution in [0, 0.1) is 11.3 Å². The maximum atomic E-state index is 9.39. The summed E-state index contributed by atoms with van der Waals surface area (Å²) in [5.41, 5.74) is -0.572. The first-order chi connectivity index (χ1) is 8.22. The smallest absolute Gasteiger partial charge is 0.247 e. The molecule has 0 bridgehead atoms. The molecule has 0 saturated heterocycles. The Morgan fingerprint density at radius 2 is 2.12 bits per heavy atom. The van der Waals surface area contributed by atoms with Crippen molar-refractivity contribution >= 4 is 0 Å². The third-order valence-corrected chi connectivity index (χ3v) is 3.49. The summed E-state index contributed by atoms with van der Waals surface area (Å²) in [6.45, 7) is 1.86. The lowest BCUT2D eigenvalue weighted by atomic mass is 9.75. The Morgan fingerprint density at radius 3 is 2.71 bits per heavy atom. The number of ether oxygens (including phenoxy) is 1. The monoisotopic (exact) mass is 235 g/mol. The van der Waals surface area contributed by atoms with E-state index in [4.69, 9.17) is 9.26 Å². The first-order valence-electron chi connectivity index (χ1n) is 6.00. The molecule has 1 aromatic rings. The molecule has 0 radical (unpaired) electrons. The van der Waals surface area contributed by atoms with E-state index in [0.29, 0.717) is 11.7 Å². The van der Waals surface area contributed by atoms with Gasteiger partial charge in [0, 0.05) is 7.11 Å². The van der Waals surface area contributed by atoms with Gasteiger partial charge in [0.2, 0.25) is 5.89 Å². The van der Waals surface area contributed by atoms with Gasteiger partial charge < -0.3 is 9.26 Å². The maximum Gasteiger partial charge on any atom is 0.247 e. The Bertz CT molecular complexity index is 416. The van der Waals surface area contributed by atoms with Crippen LogP contribution in [0.4, 0.5) is 0 Å². The second kappa shape index (κ2) is 4.84. The van der Waals surface area contributed by atoms with Gasteiger partial charge in [-0.1, -0.05) is 24.4 Å². The minimum Gasteiger partial charge on any atom is -0.374 e. The zero-order valence-electron chi connectivity index (χ0n) is 10.3. The van der Waals surface area contributed by atoms with Crippen molar-refractivity contribution in [2.75, 3.05) is 7.11 Å². The van der Waals surface area contributed by atoms with Gasteiger partial charge in [0.15, 0.2) is 5.82 Å². The van der Waals surface area contributed by atoms with Crippen LogP contribution in [0.3, 0.4) is 0 Å². The molecule has 1 aliphatic rings. The van der Waals surface area contributed by atoms with Gasteiger partial charge in [-0.05, 0) is 19.8 Å². The van der Waals surface area contributed by atoms with E-state index in [1.54, 1.807) is 7.11 Å². The van der Waals surface area contributed by atoms with Gasteiger partial charge in [-0.15, -0.1) is 0 Å². The van der Waals surface area contributed by atoms with E-state index in [1.165, 1.54) is 6.42 Å². The summed E-state index contributed by atoms with van der Waals surface area (Å²) in [6.07, 6.45) is 4.69. The van der Waals surface area contributed by atoms with Crippen molar-refractivity contribution in [3.8, 4) is 6.07 Å². The molecule has 0 aliphatic heterocycles. The van der Waals surface area contributed by atoms with Crippen molar-refractivity contribution in [3.63, 3.8) is 0 Å². The normalized spacial score (nSPS) is 20.8. The summed E-state index contributed by atoms with van der Waals surface area (Å²) in [5, 5.41) is 13.3. The van der Waals surface area contributed by atoms with Gasteiger partial charge in [0.25, 0.3) is 0 Å². The van der Waals surface area contributed by atoms with Crippen molar-refractivity contribution in [2.45, 2.75) is 50.5 Å². The Morgan fingerprint density at radius 1 is 1.41 bits per heavy atom. The van der Waals surface area contributed by atoms with Gasteiger partial charge in [-0.3, -0.25) is 0 Å². The lowest BCUT2D eigenvalue weighted by Crippen LogP contribution is -2.27. The first kappa shape index (κ1) is 12.1. The summed E-state index contributed by atoms with van der Waals surface area (Å²) in [6, 6.07) is 2.37. The van der Waals surface area contributed by atoms with Crippen LogP contribution in [0.1, 0.15) is 56.8 Å². The lowest BCUT2D eigenvalue weighted by Gasteiger charge is -2.26. The van der Waals surface area contributed by atoms with Gasteiger partial charge in [0.05, 0.1) is 6.07 Å². The molecule has 0 spiro atoms. The molecule has 2 rings (SSSR count). The van der Waals surface area contributed by atoms with Crippen LogP contribution in [0.5, 0.6) is 0 Å². The van der Waals surface area contributed by atoms with Crippen LogP contribution in [0.2, 0.25) is 0 Å². The fourth-order valence-electron chi connectivity index (χ4n) is 2.23. The summed E-state index contributed by atoms with van der Waals surface area (Å²) >= 11 is 0. The highest BCUT2D eigenvalue weighted by Gasteiger charge is 2.39. The van der Waals surface area contributed by atoms with Crippen molar-refractivity contribution in [1.29, 1.82) is 5.26 Å². The van der Waals surface area contributed by atoms with Crippen molar-refractivity contribution in [3.05, 3.63) is 11.7 Å². The zero-order chi connectivity index (χ0) is 12.3. The van der Waals surface area contributed by atoms with Gasteiger partial charge >= 0.3 is 0 Å². The average molecular weight is 235 g/mol. The zero-order valence-corrected chi connectivity index (χ0v) is 10.3. The van der Waals surface area contributed by atoms with E-state index in [1.807, 2.05) is 6.92 Å². The van der Waals surface area contributed by atoms with Crippen LogP contribution in [0.25, 0.3) is 0 Å². The number of nitrogens with zero attached hydrogens (tertiary/aromatic N) is 3. The van der Waals surface area contributed by atoms with Crippen LogP contribution in [0.15, 0.2) is 4.52 Å². The topological polar surface area (TPSA) is 71.9 Å². The second-order valence-electron chi connectivity index (χ2n) is 4.59. The largest absolute Gasteiger partial charge is 0.374 e. The number of rotatable bonds is 3. The summed E-state index contributed by atoms with van der Waals surface area (Å²) in [5.74, 6) is 0.973. The minimum atomic E-state index is -0.572. The predicted molar refractivity (Wildman–Crippen MR) is 60.1 cm³/mol. The van der Waals surface area contributed by atoms with Crippen LogP contribution in [-0.4, -0.2) is 17.3 Å². The standard InChI is InChI=1S/C12H17N3O2/c1-9(16-2)10-14-11(17-15-10)12(8-13)6-4-3-5-7-12/h9H,3-7H2,1-2H3/t9-/m0/s1. The number of aromatic nitrogens is 2. The third kappa shape index (κ3) is 2.18. The number of hydrogen-bond acceptors (Lipinski definition) is 5. The molecule has 17 heavy (non-hydrogen) atoms. The maximum absolute atomic E-state index is 9.39. The molecule has 1 aliphatic carbocycles. The van der Waals surface area contributed by atoms with E-state index >= 15 is 0 Å². The fourth-order valence-corrected chi connectivity index (χ4v) is 2.23. The Kier molecular flexibility index (Phi) is 3.43. The molecule has 1 heterocycles. The summed E-state index contributed by atoms with van der Waals surface area (Å²) in [7, 11) is 1.60. The molecule has 5 heteroatoms. The highest BCUT2D eigenvalue weighted by molar-refractivity contribution is 5.19. The van der Waals surface area contributed by atoms with Crippen molar-refractivity contribution in [1.82, 2.24) is 10.1 Å². The predicted octanol–water partition coefficient (Wildman–Crippen LogP) is 2.50. The quantitative estimate of drug-likeness (QED) is 0.804. The molecule has 1 saturated carbocycles. The number of nitriles is 1. The molecule has 0 aromatic carbocycles. The summed E-state index contributed by atoms with van der Waals surface area (Å²) in [4.78, 5) is 4.32. The lowest BCUT2D eigenvalue weighted by molar-refractivity contribution is 0.109. The number of methoxy groups -OCH3 is 1. The molecule has 0 amide bonds. The van der Waals surface area contributed by atoms with E-state index < -0.39 is 5.41 Å². The number of hydrogen-bond donors (Lipinski definition) is 0. The van der Waals surface area contributed by atoms with Crippen LogP contribution < -0.4 is 0 Å². The van der Waals surface area contributed by atoms with Crippen molar-refractivity contribution in [2.24, 2.45) is 0 Å². The van der Waals surface area contributed by atoms with Gasteiger partial charge in [-0.2, -0.15) is 10.2 Å². The van der Waals surface area contributed by atoms with Gasteiger partial charge in [-0.25, -0.2) is 0 Å². The highest BCUT2D eigenvalue weighted by atomic mass is 16.5. The third-order valence-electron chi connectivity index (χ3n) is 3.49. The molecule has 1 atom stereocenters. The fraction of sp³-hybridized carbons (Fsp3) is 0.750. The Hall–Kier alpha value is -1.41. The van der Waals surface area contributed by atoms with Crippen LogP contribution in [-0.2, 0) is 10.2 Å². The molecular weight excluding hydrogens is 218 g/mol.